The molecule has 4 N–H and O–H groups in total. The molecule has 2 rings (SSSR count). The van der Waals surface area contributed by atoms with E-state index in [9.17, 15) is 0 Å². The zero-order valence-corrected chi connectivity index (χ0v) is 9.89. The van der Waals surface area contributed by atoms with Crippen molar-refractivity contribution in [1.82, 2.24) is 0 Å². The van der Waals surface area contributed by atoms with Crippen LogP contribution in [0.2, 0.25) is 10.0 Å². The van der Waals surface area contributed by atoms with E-state index in [-0.39, 0.29) is 0 Å². The third-order valence-electron chi connectivity index (χ3n) is 2.33. The third kappa shape index (κ3) is 2.08. The van der Waals surface area contributed by atoms with Gasteiger partial charge < -0.3 is 11.5 Å². The van der Waals surface area contributed by atoms with E-state index in [1.165, 1.54) is 0 Å². The molecule has 0 saturated heterocycles. The monoisotopic (exact) mass is 252 g/mol. The predicted octanol–water partition coefficient (Wildman–Crippen LogP) is 3.82. The van der Waals surface area contributed by atoms with Gasteiger partial charge in [0.15, 0.2) is 0 Å². The number of halogens is 2. The van der Waals surface area contributed by atoms with Crippen molar-refractivity contribution in [2.75, 3.05) is 11.5 Å². The quantitative estimate of drug-likeness (QED) is 0.759. The van der Waals surface area contributed by atoms with E-state index < -0.39 is 0 Å². The van der Waals surface area contributed by atoms with Crippen LogP contribution < -0.4 is 11.5 Å². The van der Waals surface area contributed by atoms with Crippen molar-refractivity contribution in [2.24, 2.45) is 0 Å². The molecule has 0 spiro atoms. The van der Waals surface area contributed by atoms with Crippen LogP contribution in [-0.2, 0) is 0 Å². The lowest BCUT2D eigenvalue weighted by Gasteiger charge is -2.07. The summed E-state index contributed by atoms with van der Waals surface area (Å²) in [5, 5.41) is 1.15. The van der Waals surface area contributed by atoms with Crippen molar-refractivity contribution in [3.63, 3.8) is 0 Å². The van der Waals surface area contributed by atoms with E-state index in [0.717, 1.165) is 11.1 Å². The first-order valence-electron chi connectivity index (χ1n) is 4.68. The van der Waals surface area contributed by atoms with Crippen LogP contribution in [0.4, 0.5) is 11.4 Å². The van der Waals surface area contributed by atoms with Crippen molar-refractivity contribution < 1.29 is 0 Å². The molecular weight excluding hydrogens is 243 g/mol. The Labute approximate surface area is 104 Å². The van der Waals surface area contributed by atoms with Crippen LogP contribution >= 0.6 is 23.2 Å². The van der Waals surface area contributed by atoms with Crippen molar-refractivity contribution >= 4 is 34.6 Å². The Hall–Kier alpha value is -1.38. The fourth-order valence-corrected chi connectivity index (χ4v) is 1.83. The summed E-state index contributed by atoms with van der Waals surface area (Å²) in [6.45, 7) is 0. The van der Waals surface area contributed by atoms with Crippen molar-refractivity contribution in [2.45, 2.75) is 0 Å². The number of nitrogen functional groups attached to an aromatic ring is 2. The molecule has 0 aliphatic carbocycles. The number of nitrogens with two attached hydrogens (primary N) is 2. The minimum atomic E-state index is 0.511. The second kappa shape index (κ2) is 4.24. The van der Waals surface area contributed by atoms with Gasteiger partial charge in [-0.05, 0) is 35.9 Å². The molecule has 0 aliphatic heterocycles. The molecule has 2 aromatic carbocycles. The maximum absolute atomic E-state index is 5.96. The van der Waals surface area contributed by atoms with E-state index in [2.05, 4.69) is 0 Å². The smallest absolute Gasteiger partial charge is 0.0641 e. The summed E-state index contributed by atoms with van der Waals surface area (Å²) in [5.41, 5.74) is 14.5. The molecule has 0 saturated carbocycles. The van der Waals surface area contributed by atoms with Crippen molar-refractivity contribution in [3.05, 3.63) is 46.4 Å². The van der Waals surface area contributed by atoms with Gasteiger partial charge in [0.25, 0.3) is 0 Å². The minimum Gasteiger partial charge on any atom is -0.398 e. The van der Waals surface area contributed by atoms with Crippen LogP contribution in [0, 0.1) is 0 Å². The highest BCUT2D eigenvalue weighted by Crippen LogP contribution is 2.32. The van der Waals surface area contributed by atoms with E-state index >= 15 is 0 Å². The highest BCUT2D eigenvalue weighted by atomic mass is 35.5. The lowest BCUT2D eigenvalue weighted by Crippen LogP contribution is -1.91. The number of benzene rings is 2. The molecule has 0 aromatic heterocycles. The fourth-order valence-electron chi connectivity index (χ4n) is 1.47. The molecule has 0 heterocycles. The van der Waals surface area contributed by atoms with Crippen LogP contribution in [0.25, 0.3) is 11.1 Å². The SMILES string of the molecule is Nc1ccc(-c2cc(Cl)ccc2N)cc1Cl. The first-order valence-corrected chi connectivity index (χ1v) is 5.44. The topological polar surface area (TPSA) is 52.0 Å². The summed E-state index contributed by atoms with van der Waals surface area (Å²) in [5.74, 6) is 0. The Balaban J connectivity index is 2.58. The van der Waals surface area contributed by atoms with Gasteiger partial charge in [0.2, 0.25) is 0 Å². The third-order valence-corrected chi connectivity index (χ3v) is 2.89. The Bertz CT molecular complexity index is 539. The Morgan fingerprint density at radius 3 is 2.19 bits per heavy atom. The van der Waals surface area contributed by atoms with Gasteiger partial charge in [-0.2, -0.15) is 0 Å². The number of anilines is 2. The van der Waals surface area contributed by atoms with Crippen molar-refractivity contribution in [3.8, 4) is 11.1 Å². The van der Waals surface area contributed by atoms with E-state index in [1.54, 1.807) is 30.3 Å². The molecule has 0 radical (unpaired) electrons. The van der Waals surface area contributed by atoms with Gasteiger partial charge in [0, 0.05) is 16.3 Å². The molecule has 0 unspecified atom stereocenters. The summed E-state index contributed by atoms with van der Waals surface area (Å²) >= 11 is 11.9. The minimum absolute atomic E-state index is 0.511. The highest BCUT2D eigenvalue weighted by Gasteiger charge is 2.05. The summed E-state index contributed by atoms with van der Waals surface area (Å²) in [4.78, 5) is 0. The Morgan fingerprint density at radius 2 is 1.50 bits per heavy atom. The second-order valence-electron chi connectivity index (χ2n) is 3.47. The zero-order chi connectivity index (χ0) is 11.7. The summed E-state index contributed by atoms with van der Waals surface area (Å²) < 4.78 is 0. The number of hydrogen-bond acceptors (Lipinski definition) is 2. The zero-order valence-electron chi connectivity index (χ0n) is 8.37. The molecule has 0 bridgehead atoms. The van der Waals surface area contributed by atoms with Gasteiger partial charge in [-0.25, -0.2) is 0 Å². The van der Waals surface area contributed by atoms with Crippen LogP contribution in [0.15, 0.2) is 36.4 Å². The molecule has 2 nitrogen and oxygen atoms in total. The average Bonchev–Trinajstić information content (AvgIpc) is 2.26. The Kier molecular flexibility index (Phi) is 2.95. The van der Waals surface area contributed by atoms with Gasteiger partial charge >= 0.3 is 0 Å². The summed E-state index contributed by atoms with van der Waals surface area (Å²) in [7, 11) is 0. The van der Waals surface area contributed by atoms with Gasteiger partial charge in [-0.15, -0.1) is 0 Å². The molecule has 0 fully saturated rings. The van der Waals surface area contributed by atoms with Crippen LogP contribution in [-0.4, -0.2) is 0 Å². The molecule has 0 atom stereocenters. The molecule has 16 heavy (non-hydrogen) atoms. The van der Waals surface area contributed by atoms with E-state index in [4.69, 9.17) is 34.7 Å². The lowest BCUT2D eigenvalue weighted by molar-refractivity contribution is 1.60. The molecule has 0 amide bonds. The highest BCUT2D eigenvalue weighted by molar-refractivity contribution is 6.33. The molecule has 0 aliphatic rings. The van der Waals surface area contributed by atoms with Gasteiger partial charge in [0.1, 0.15) is 0 Å². The Morgan fingerprint density at radius 1 is 0.812 bits per heavy atom. The first-order chi connectivity index (χ1) is 7.58. The largest absolute Gasteiger partial charge is 0.398 e. The molecule has 82 valence electrons. The second-order valence-corrected chi connectivity index (χ2v) is 4.31. The number of hydrogen-bond donors (Lipinski definition) is 2. The maximum Gasteiger partial charge on any atom is 0.0641 e. The van der Waals surface area contributed by atoms with Crippen LogP contribution in [0.1, 0.15) is 0 Å². The lowest BCUT2D eigenvalue weighted by atomic mass is 10.0. The van der Waals surface area contributed by atoms with Gasteiger partial charge in [-0.1, -0.05) is 29.3 Å². The maximum atomic E-state index is 5.96. The molecular formula is C12H10Cl2N2. The normalized spacial score (nSPS) is 10.4. The van der Waals surface area contributed by atoms with Gasteiger partial charge in [-0.3, -0.25) is 0 Å². The standard InChI is InChI=1S/C12H10Cl2N2/c13-8-2-4-11(15)9(6-8)7-1-3-12(16)10(14)5-7/h1-6H,15-16H2. The van der Waals surface area contributed by atoms with Crippen molar-refractivity contribution in [1.29, 1.82) is 0 Å². The van der Waals surface area contributed by atoms with E-state index in [0.29, 0.717) is 21.4 Å². The predicted molar refractivity (Wildman–Crippen MR) is 70.7 cm³/mol. The van der Waals surface area contributed by atoms with Crippen LogP contribution in [0.5, 0.6) is 0 Å². The summed E-state index contributed by atoms with van der Waals surface area (Å²) in [6, 6.07) is 10.7. The molecule has 4 heteroatoms. The fraction of sp³-hybridized carbons (Fsp3) is 0. The summed E-state index contributed by atoms with van der Waals surface area (Å²) in [6.07, 6.45) is 0. The van der Waals surface area contributed by atoms with Crippen LogP contribution in [0.3, 0.4) is 0 Å². The molecule has 2 aromatic rings. The van der Waals surface area contributed by atoms with E-state index in [1.807, 2.05) is 6.07 Å². The first kappa shape index (κ1) is 11.1. The van der Waals surface area contributed by atoms with Gasteiger partial charge in [0.05, 0.1) is 10.7 Å². The number of rotatable bonds is 1. The average molecular weight is 253 g/mol.